The average molecular weight is 590 g/mol. The molecule has 0 saturated carbocycles. The largest absolute Gasteiger partial charge is 0.497 e. The number of hydrogen-bond donors (Lipinski definition) is 1. The number of rotatable bonds is 5. The molecule has 0 aliphatic carbocycles. The molecule has 0 aliphatic heterocycles. The number of carbonyl (C=O) groups is 1. The number of methoxy groups -OCH3 is 2. The van der Waals surface area contributed by atoms with E-state index in [2.05, 4.69) is 47.3 Å². The van der Waals surface area contributed by atoms with Crippen molar-refractivity contribution in [1.82, 2.24) is 14.6 Å². The molecule has 0 aliphatic rings. The summed E-state index contributed by atoms with van der Waals surface area (Å²) in [5.74, 6) is 0.125. The maximum atomic E-state index is 13.8. The Labute approximate surface area is 200 Å². The van der Waals surface area contributed by atoms with Gasteiger partial charge in [-0.25, -0.2) is 9.50 Å². The van der Waals surface area contributed by atoms with Crippen LogP contribution in [0.5, 0.6) is 11.5 Å². The standard InChI is InChI=1S/C20H13Br2F3N4O4/c1-31-9-3-4-10(13(7-9)32-2)27-19(30)17-16(22)18-26-11(12-5-6-15(21)33-12)8-14(20(23,24)25)29(18)28-17/h3-8H,1-2H3,(H,27,30). The van der Waals surface area contributed by atoms with Crippen LogP contribution in [0, 0.1) is 0 Å². The maximum absolute atomic E-state index is 13.8. The van der Waals surface area contributed by atoms with Crippen molar-refractivity contribution >= 4 is 49.1 Å². The molecule has 3 aromatic heterocycles. The molecule has 4 rings (SSSR count). The van der Waals surface area contributed by atoms with Crippen LogP contribution in [0.2, 0.25) is 0 Å². The molecule has 0 unspecified atom stereocenters. The molecule has 0 radical (unpaired) electrons. The Morgan fingerprint density at radius 2 is 1.88 bits per heavy atom. The first-order valence-corrected chi connectivity index (χ1v) is 10.7. The lowest BCUT2D eigenvalue weighted by Crippen LogP contribution is -2.16. The van der Waals surface area contributed by atoms with Crippen LogP contribution < -0.4 is 14.8 Å². The van der Waals surface area contributed by atoms with Gasteiger partial charge < -0.3 is 19.2 Å². The molecule has 0 saturated heterocycles. The van der Waals surface area contributed by atoms with Crippen molar-refractivity contribution in [3.05, 3.63) is 56.9 Å². The van der Waals surface area contributed by atoms with Gasteiger partial charge in [-0.3, -0.25) is 4.79 Å². The second-order valence-electron chi connectivity index (χ2n) is 6.55. The zero-order chi connectivity index (χ0) is 23.9. The normalized spacial score (nSPS) is 11.6. The summed E-state index contributed by atoms with van der Waals surface area (Å²) in [5.41, 5.74) is -1.44. The number of anilines is 1. The minimum absolute atomic E-state index is 0.0227. The average Bonchev–Trinajstić information content (AvgIpc) is 3.36. The fraction of sp³-hybridized carbons (Fsp3) is 0.150. The van der Waals surface area contributed by atoms with Crippen LogP contribution in [0.4, 0.5) is 18.9 Å². The number of ether oxygens (including phenoxy) is 2. The summed E-state index contributed by atoms with van der Waals surface area (Å²) < 4.78 is 58.0. The molecule has 0 fully saturated rings. The maximum Gasteiger partial charge on any atom is 0.433 e. The van der Waals surface area contributed by atoms with Gasteiger partial charge in [0.1, 0.15) is 17.2 Å². The number of fused-ring (bicyclic) bond motifs is 1. The van der Waals surface area contributed by atoms with Crippen molar-refractivity contribution in [2.45, 2.75) is 6.18 Å². The van der Waals surface area contributed by atoms with E-state index in [0.717, 1.165) is 6.07 Å². The van der Waals surface area contributed by atoms with E-state index in [1.54, 1.807) is 12.1 Å². The Bertz CT molecular complexity index is 1370. The summed E-state index contributed by atoms with van der Waals surface area (Å²) in [6.45, 7) is 0. The van der Waals surface area contributed by atoms with Crippen molar-refractivity contribution in [2.75, 3.05) is 19.5 Å². The summed E-state index contributed by atoms with van der Waals surface area (Å²) in [6, 6.07) is 8.47. The van der Waals surface area contributed by atoms with Crippen molar-refractivity contribution in [2.24, 2.45) is 0 Å². The molecule has 8 nitrogen and oxygen atoms in total. The number of carbonyl (C=O) groups excluding carboxylic acids is 1. The Hall–Kier alpha value is -3.06. The van der Waals surface area contributed by atoms with Gasteiger partial charge in [0.25, 0.3) is 5.91 Å². The number of hydrogen-bond acceptors (Lipinski definition) is 6. The smallest absolute Gasteiger partial charge is 0.433 e. The summed E-state index contributed by atoms with van der Waals surface area (Å²) >= 11 is 6.28. The first-order valence-electron chi connectivity index (χ1n) is 9.08. The highest BCUT2D eigenvalue weighted by Gasteiger charge is 2.37. The molecule has 0 atom stereocenters. The van der Waals surface area contributed by atoms with Crippen LogP contribution in [0.3, 0.4) is 0 Å². The summed E-state index contributed by atoms with van der Waals surface area (Å²) in [6.07, 6.45) is -4.78. The third kappa shape index (κ3) is 4.42. The molecule has 3 heterocycles. The van der Waals surface area contributed by atoms with E-state index in [-0.39, 0.29) is 33.0 Å². The minimum atomic E-state index is -4.78. The number of furan rings is 1. The summed E-state index contributed by atoms with van der Waals surface area (Å²) in [7, 11) is 2.88. The Kier molecular flexibility index (Phi) is 6.10. The highest BCUT2D eigenvalue weighted by atomic mass is 79.9. The minimum Gasteiger partial charge on any atom is -0.497 e. The lowest BCUT2D eigenvalue weighted by atomic mass is 10.2. The molecule has 1 aromatic carbocycles. The van der Waals surface area contributed by atoms with Gasteiger partial charge in [0.05, 0.1) is 24.4 Å². The van der Waals surface area contributed by atoms with E-state index in [1.807, 2.05) is 0 Å². The Morgan fingerprint density at radius 3 is 2.48 bits per heavy atom. The van der Waals surface area contributed by atoms with E-state index in [4.69, 9.17) is 13.9 Å². The molecule has 1 amide bonds. The predicted molar refractivity (Wildman–Crippen MR) is 119 cm³/mol. The highest BCUT2D eigenvalue weighted by molar-refractivity contribution is 9.10. The van der Waals surface area contributed by atoms with Crippen molar-refractivity contribution in [1.29, 1.82) is 0 Å². The lowest BCUT2D eigenvalue weighted by molar-refractivity contribution is -0.142. The Morgan fingerprint density at radius 1 is 1.12 bits per heavy atom. The first-order chi connectivity index (χ1) is 15.6. The van der Waals surface area contributed by atoms with Crippen LogP contribution in [-0.4, -0.2) is 34.7 Å². The van der Waals surface area contributed by atoms with Gasteiger partial charge in [-0.05, 0) is 62.2 Å². The number of alkyl halides is 3. The second kappa shape index (κ2) is 8.71. The number of nitrogens with one attached hydrogen (secondary N) is 1. The van der Waals surface area contributed by atoms with Crippen LogP contribution in [0.25, 0.3) is 17.1 Å². The molecular formula is C20H13Br2F3N4O4. The molecule has 33 heavy (non-hydrogen) atoms. The third-order valence-corrected chi connectivity index (χ3v) is 5.68. The first kappa shape index (κ1) is 23.1. The van der Waals surface area contributed by atoms with E-state index in [1.165, 1.54) is 32.4 Å². The van der Waals surface area contributed by atoms with E-state index < -0.39 is 17.8 Å². The van der Waals surface area contributed by atoms with Crippen molar-refractivity contribution in [3.8, 4) is 23.0 Å². The zero-order valence-corrected chi connectivity index (χ0v) is 20.0. The monoisotopic (exact) mass is 588 g/mol. The Balaban J connectivity index is 1.81. The summed E-state index contributed by atoms with van der Waals surface area (Å²) in [4.78, 5) is 17.1. The quantitative estimate of drug-likeness (QED) is 0.316. The molecule has 4 aromatic rings. The van der Waals surface area contributed by atoms with Gasteiger partial charge in [0.15, 0.2) is 27.5 Å². The number of benzene rings is 1. The molecule has 1 N–H and O–H groups in total. The SMILES string of the molecule is COc1ccc(NC(=O)c2nn3c(C(F)(F)F)cc(-c4ccc(Br)o4)nc3c2Br)c(OC)c1. The number of halogens is 5. The van der Waals surface area contributed by atoms with E-state index in [9.17, 15) is 18.0 Å². The number of aromatic nitrogens is 3. The highest BCUT2D eigenvalue weighted by Crippen LogP contribution is 2.36. The van der Waals surface area contributed by atoms with Gasteiger partial charge in [0, 0.05) is 6.07 Å². The van der Waals surface area contributed by atoms with Gasteiger partial charge in [-0.2, -0.15) is 18.3 Å². The van der Waals surface area contributed by atoms with Gasteiger partial charge >= 0.3 is 6.18 Å². The number of nitrogens with zero attached hydrogens (tertiary/aromatic N) is 3. The van der Waals surface area contributed by atoms with Crippen LogP contribution >= 0.6 is 31.9 Å². The molecule has 13 heteroatoms. The van der Waals surface area contributed by atoms with Crippen LogP contribution in [-0.2, 0) is 6.18 Å². The van der Waals surface area contributed by atoms with Crippen LogP contribution in [0.15, 0.2) is 50.0 Å². The fourth-order valence-electron chi connectivity index (χ4n) is 3.00. The zero-order valence-electron chi connectivity index (χ0n) is 16.8. The third-order valence-electron chi connectivity index (χ3n) is 4.52. The molecule has 172 valence electrons. The topological polar surface area (TPSA) is 90.9 Å². The number of amides is 1. The fourth-order valence-corrected chi connectivity index (χ4v) is 3.82. The lowest BCUT2D eigenvalue weighted by Gasteiger charge is -2.11. The van der Waals surface area contributed by atoms with Crippen molar-refractivity contribution < 1.29 is 31.9 Å². The molecule has 0 bridgehead atoms. The van der Waals surface area contributed by atoms with E-state index in [0.29, 0.717) is 20.7 Å². The predicted octanol–water partition coefficient (Wildman–Crippen LogP) is 5.80. The van der Waals surface area contributed by atoms with Crippen LogP contribution in [0.1, 0.15) is 16.2 Å². The molecule has 0 spiro atoms. The summed E-state index contributed by atoms with van der Waals surface area (Å²) in [5, 5.41) is 6.45. The van der Waals surface area contributed by atoms with Gasteiger partial charge in [0.2, 0.25) is 0 Å². The molecular weight excluding hydrogens is 577 g/mol. The van der Waals surface area contributed by atoms with Gasteiger partial charge in [-0.1, -0.05) is 0 Å². The second-order valence-corrected chi connectivity index (χ2v) is 8.12. The van der Waals surface area contributed by atoms with E-state index >= 15 is 0 Å². The van der Waals surface area contributed by atoms with Crippen molar-refractivity contribution in [3.63, 3.8) is 0 Å². The van der Waals surface area contributed by atoms with Gasteiger partial charge in [-0.15, -0.1) is 0 Å².